The van der Waals surface area contributed by atoms with E-state index in [0.29, 0.717) is 0 Å². The lowest BCUT2D eigenvalue weighted by Crippen LogP contribution is -2.19. The summed E-state index contributed by atoms with van der Waals surface area (Å²) in [5, 5.41) is 4.18. The number of anilines is 1. The summed E-state index contributed by atoms with van der Waals surface area (Å²) < 4.78 is 1.84. The summed E-state index contributed by atoms with van der Waals surface area (Å²) in [5.74, 6) is 0. The van der Waals surface area contributed by atoms with Crippen LogP contribution >= 0.6 is 0 Å². The van der Waals surface area contributed by atoms with E-state index in [1.54, 1.807) is 0 Å². The Balaban J connectivity index is 1.71. The van der Waals surface area contributed by atoms with Crippen molar-refractivity contribution in [2.75, 3.05) is 19.3 Å². The second-order valence-corrected chi connectivity index (χ2v) is 5.11. The fourth-order valence-electron chi connectivity index (χ4n) is 2.18. The molecular weight excluding hydrogens is 236 g/mol. The van der Waals surface area contributed by atoms with E-state index in [9.17, 15) is 0 Å². The quantitative estimate of drug-likeness (QED) is 0.807. The van der Waals surface area contributed by atoms with Crippen LogP contribution in [0.5, 0.6) is 0 Å². The van der Waals surface area contributed by atoms with Gasteiger partial charge in [-0.05, 0) is 44.1 Å². The highest BCUT2D eigenvalue weighted by molar-refractivity contribution is 5.39. The van der Waals surface area contributed by atoms with Crippen LogP contribution in [0.2, 0.25) is 0 Å². The van der Waals surface area contributed by atoms with Crippen LogP contribution in [0.15, 0.2) is 36.7 Å². The van der Waals surface area contributed by atoms with Crippen LogP contribution in [-0.2, 0) is 20.0 Å². The van der Waals surface area contributed by atoms with Crippen LogP contribution < -0.4 is 5.73 Å². The second-order valence-electron chi connectivity index (χ2n) is 5.11. The largest absolute Gasteiger partial charge is 0.399 e. The molecule has 0 aliphatic rings. The summed E-state index contributed by atoms with van der Waals surface area (Å²) in [6.45, 7) is 2.04. The Morgan fingerprint density at radius 3 is 2.58 bits per heavy atom. The highest BCUT2D eigenvalue weighted by Crippen LogP contribution is 2.08. The summed E-state index contributed by atoms with van der Waals surface area (Å²) in [5.41, 5.74) is 9.12. The van der Waals surface area contributed by atoms with E-state index in [1.165, 1.54) is 11.1 Å². The summed E-state index contributed by atoms with van der Waals surface area (Å²) in [7, 11) is 4.10. The zero-order valence-electron chi connectivity index (χ0n) is 11.7. The van der Waals surface area contributed by atoms with Gasteiger partial charge < -0.3 is 10.6 Å². The van der Waals surface area contributed by atoms with Crippen LogP contribution in [0.3, 0.4) is 0 Å². The van der Waals surface area contributed by atoms with Crippen LogP contribution in [0.4, 0.5) is 5.69 Å². The first-order chi connectivity index (χ1) is 9.13. The molecule has 0 atom stereocenters. The molecule has 0 aliphatic heterocycles. The van der Waals surface area contributed by atoms with Crippen molar-refractivity contribution >= 4 is 5.69 Å². The van der Waals surface area contributed by atoms with E-state index in [2.05, 4.69) is 35.4 Å². The number of aryl methyl sites for hydroxylation is 2. The molecule has 1 heterocycles. The minimum Gasteiger partial charge on any atom is -0.399 e. The molecule has 0 spiro atoms. The maximum Gasteiger partial charge on any atom is 0.0534 e. The molecule has 1 aromatic heterocycles. The van der Waals surface area contributed by atoms with Gasteiger partial charge in [0.2, 0.25) is 0 Å². The molecular formula is C15H22N4. The van der Waals surface area contributed by atoms with E-state index in [-0.39, 0.29) is 0 Å². The Bertz CT molecular complexity index is 501. The summed E-state index contributed by atoms with van der Waals surface area (Å²) >= 11 is 0. The molecule has 1 aromatic carbocycles. The molecule has 0 amide bonds. The van der Waals surface area contributed by atoms with Crippen molar-refractivity contribution in [1.82, 2.24) is 14.7 Å². The predicted octanol–water partition coefficient (Wildman–Crippen LogP) is 2.07. The van der Waals surface area contributed by atoms with Gasteiger partial charge in [0.15, 0.2) is 0 Å². The van der Waals surface area contributed by atoms with Gasteiger partial charge in [0, 0.05) is 31.0 Å². The SMILES string of the molecule is CN(CCCc1ccc(N)cc1)Cc1cnn(C)c1. The van der Waals surface area contributed by atoms with Crippen molar-refractivity contribution in [1.29, 1.82) is 0 Å². The number of nitrogens with zero attached hydrogens (tertiary/aromatic N) is 3. The maximum absolute atomic E-state index is 5.68. The lowest BCUT2D eigenvalue weighted by molar-refractivity contribution is 0.322. The molecule has 0 saturated carbocycles. The number of hydrogen-bond acceptors (Lipinski definition) is 3. The number of rotatable bonds is 6. The van der Waals surface area contributed by atoms with E-state index in [4.69, 9.17) is 5.73 Å². The molecule has 0 bridgehead atoms. The fourth-order valence-corrected chi connectivity index (χ4v) is 2.18. The molecule has 102 valence electrons. The third kappa shape index (κ3) is 4.41. The lowest BCUT2D eigenvalue weighted by Gasteiger charge is -2.15. The zero-order chi connectivity index (χ0) is 13.7. The average molecular weight is 258 g/mol. The smallest absolute Gasteiger partial charge is 0.0534 e. The van der Waals surface area contributed by atoms with Gasteiger partial charge in [-0.25, -0.2) is 0 Å². The highest BCUT2D eigenvalue weighted by Gasteiger charge is 2.02. The number of nitrogen functional groups attached to an aromatic ring is 1. The first kappa shape index (κ1) is 13.6. The molecule has 4 nitrogen and oxygen atoms in total. The maximum atomic E-state index is 5.68. The second kappa shape index (κ2) is 6.38. The molecule has 2 N–H and O–H groups in total. The molecule has 19 heavy (non-hydrogen) atoms. The van der Waals surface area contributed by atoms with E-state index < -0.39 is 0 Å². The van der Waals surface area contributed by atoms with Gasteiger partial charge in [-0.1, -0.05) is 12.1 Å². The molecule has 0 fully saturated rings. The van der Waals surface area contributed by atoms with Crippen molar-refractivity contribution in [3.05, 3.63) is 47.8 Å². The first-order valence-electron chi connectivity index (χ1n) is 6.64. The Morgan fingerprint density at radius 1 is 1.21 bits per heavy atom. The van der Waals surface area contributed by atoms with Crippen molar-refractivity contribution in [2.45, 2.75) is 19.4 Å². The standard InChI is InChI=1S/C15H22N4/c1-18(11-14-10-17-19(2)12-14)9-3-4-13-5-7-15(16)8-6-13/h5-8,10,12H,3-4,9,11,16H2,1-2H3. The Kier molecular flexibility index (Phi) is 4.58. The number of hydrogen-bond donors (Lipinski definition) is 1. The van der Waals surface area contributed by atoms with E-state index in [0.717, 1.165) is 31.6 Å². The summed E-state index contributed by atoms with van der Waals surface area (Å²) in [6.07, 6.45) is 6.24. The lowest BCUT2D eigenvalue weighted by atomic mass is 10.1. The van der Waals surface area contributed by atoms with Crippen LogP contribution in [0.25, 0.3) is 0 Å². The fraction of sp³-hybridized carbons (Fsp3) is 0.400. The monoisotopic (exact) mass is 258 g/mol. The first-order valence-corrected chi connectivity index (χ1v) is 6.64. The number of aromatic nitrogens is 2. The van der Waals surface area contributed by atoms with Gasteiger partial charge in [0.05, 0.1) is 6.20 Å². The van der Waals surface area contributed by atoms with Gasteiger partial charge in [0.1, 0.15) is 0 Å². The van der Waals surface area contributed by atoms with Gasteiger partial charge in [0.25, 0.3) is 0 Å². The normalized spacial score (nSPS) is 11.1. The third-order valence-corrected chi connectivity index (χ3v) is 3.20. The van der Waals surface area contributed by atoms with Gasteiger partial charge >= 0.3 is 0 Å². The number of nitrogens with two attached hydrogens (primary N) is 1. The molecule has 0 aliphatic carbocycles. The Morgan fingerprint density at radius 2 is 1.95 bits per heavy atom. The molecule has 4 heteroatoms. The minimum atomic E-state index is 0.831. The van der Waals surface area contributed by atoms with Gasteiger partial charge in [-0.15, -0.1) is 0 Å². The van der Waals surface area contributed by atoms with E-state index >= 15 is 0 Å². The number of benzene rings is 1. The van der Waals surface area contributed by atoms with Crippen molar-refractivity contribution < 1.29 is 0 Å². The predicted molar refractivity (Wildman–Crippen MR) is 78.7 cm³/mol. The van der Waals surface area contributed by atoms with Gasteiger partial charge in [-0.3, -0.25) is 4.68 Å². The van der Waals surface area contributed by atoms with Crippen molar-refractivity contribution in [3.63, 3.8) is 0 Å². The molecule has 0 unspecified atom stereocenters. The van der Waals surface area contributed by atoms with E-state index in [1.807, 2.05) is 30.1 Å². The Labute approximate surface area is 114 Å². The van der Waals surface area contributed by atoms with Crippen LogP contribution in [0, 0.1) is 0 Å². The average Bonchev–Trinajstić information content (AvgIpc) is 2.77. The van der Waals surface area contributed by atoms with Crippen LogP contribution in [0.1, 0.15) is 17.5 Å². The van der Waals surface area contributed by atoms with Crippen molar-refractivity contribution in [2.24, 2.45) is 7.05 Å². The van der Waals surface area contributed by atoms with Gasteiger partial charge in [-0.2, -0.15) is 5.10 Å². The Hall–Kier alpha value is -1.81. The molecule has 2 rings (SSSR count). The molecule has 0 saturated heterocycles. The zero-order valence-corrected chi connectivity index (χ0v) is 11.7. The summed E-state index contributed by atoms with van der Waals surface area (Å²) in [4.78, 5) is 2.33. The summed E-state index contributed by atoms with van der Waals surface area (Å²) in [6, 6.07) is 8.15. The topological polar surface area (TPSA) is 47.1 Å². The van der Waals surface area contributed by atoms with Crippen molar-refractivity contribution in [3.8, 4) is 0 Å². The molecule has 0 radical (unpaired) electrons. The third-order valence-electron chi connectivity index (χ3n) is 3.20. The van der Waals surface area contributed by atoms with Crippen LogP contribution in [-0.4, -0.2) is 28.3 Å². The highest BCUT2D eigenvalue weighted by atomic mass is 15.2. The minimum absolute atomic E-state index is 0.831. The molecule has 2 aromatic rings.